The third kappa shape index (κ3) is 3.77. The van der Waals surface area contributed by atoms with Crippen molar-refractivity contribution >= 4 is 21.8 Å². The number of allylic oxidation sites excluding steroid dienone is 2. The number of sulfonamides is 1. The van der Waals surface area contributed by atoms with E-state index in [1.807, 2.05) is 6.92 Å². The number of benzene rings is 2. The average molecular weight is 357 g/mol. The van der Waals surface area contributed by atoms with Gasteiger partial charge in [0.25, 0.3) is 10.0 Å². The maximum Gasteiger partial charge on any atom is 0.268 e. The first-order valence-electron chi connectivity index (χ1n) is 7.90. The molecule has 0 radical (unpaired) electrons. The third-order valence-electron chi connectivity index (χ3n) is 3.97. The maximum atomic E-state index is 13.3. The number of rotatable bonds is 6. The lowest BCUT2D eigenvalue weighted by Gasteiger charge is -2.27. The molecule has 0 atom stereocenters. The van der Waals surface area contributed by atoms with Crippen LogP contribution >= 0.6 is 0 Å². The summed E-state index contributed by atoms with van der Waals surface area (Å²) in [5, 5.41) is 0. The Labute approximate surface area is 150 Å². The van der Waals surface area contributed by atoms with Crippen molar-refractivity contribution in [3.63, 3.8) is 0 Å². The monoisotopic (exact) mass is 357 g/mol. The van der Waals surface area contributed by atoms with Gasteiger partial charge in [-0.1, -0.05) is 36.4 Å². The molecule has 132 valence electrons. The van der Waals surface area contributed by atoms with E-state index in [4.69, 9.17) is 4.74 Å². The molecule has 0 spiro atoms. The van der Waals surface area contributed by atoms with Crippen molar-refractivity contribution in [3.8, 4) is 5.75 Å². The van der Waals surface area contributed by atoms with Crippen molar-refractivity contribution in [3.05, 3.63) is 71.9 Å². The van der Waals surface area contributed by atoms with Crippen LogP contribution in [0, 0.1) is 6.92 Å². The van der Waals surface area contributed by atoms with Gasteiger partial charge in [0.05, 0.1) is 17.7 Å². The molecule has 0 saturated carbocycles. The van der Waals surface area contributed by atoms with E-state index in [9.17, 15) is 8.42 Å². The quantitative estimate of drug-likeness (QED) is 0.748. The summed E-state index contributed by atoms with van der Waals surface area (Å²) in [6, 6.07) is 12.1. The molecule has 2 aromatic rings. The zero-order valence-electron chi connectivity index (χ0n) is 15.0. The van der Waals surface area contributed by atoms with Crippen molar-refractivity contribution in [1.82, 2.24) is 0 Å². The predicted molar refractivity (Wildman–Crippen MR) is 103 cm³/mol. The predicted octanol–water partition coefficient (Wildman–Crippen LogP) is 4.77. The highest BCUT2D eigenvalue weighted by atomic mass is 32.2. The van der Waals surface area contributed by atoms with Crippen LogP contribution in [-0.2, 0) is 10.0 Å². The van der Waals surface area contributed by atoms with Crippen molar-refractivity contribution in [2.75, 3.05) is 11.4 Å². The Bertz CT molecular complexity index is 897. The highest BCUT2D eigenvalue weighted by Gasteiger charge is 2.28. The normalized spacial score (nSPS) is 11.9. The minimum atomic E-state index is -3.78. The molecule has 0 aliphatic rings. The molecule has 0 fully saturated rings. The van der Waals surface area contributed by atoms with Gasteiger partial charge in [-0.15, -0.1) is 0 Å². The lowest BCUT2D eigenvalue weighted by atomic mass is 10.1. The smallest absolute Gasteiger partial charge is 0.268 e. The molecule has 0 unspecified atom stereocenters. The van der Waals surface area contributed by atoms with Crippen LogP contribution in [0.2, 0.25) is 0 Å². The highest BCUT2D eigenvalue weighted by Crippen LogP contribution is 2.34. The summed E-state index contributed by atoms with van der Waals surface area (Å²) in [5.74, 6) is 0.577. The van der Waals surface area contributed by atoms with Crippen LogP contribution < -0.4 is 9.04 Å². The molecular weight excluding hydrogens is 334 g/mol. The van der Waals surface area contributed by atoms with E-state index in [0.717, 1.165) is 5.56 Å². The minimum Gasteiger partial charge on any atom is -0.497 e. The topological polar surface area (TPSA) is 46.6 Å². The summed E-state index contributed by atoms with van der Waals surface area (Å²) in [6.45, 7) is 9.29. The first-order chi connectivity index (χ1) is 11.8. The molecule has 2 rings (SSSR count). The number of ether oxygens (including phenoxy) is 1. The van der Waals surface area contributed by atoms with Gasteiger partial charge in [0.1, 0.15) is 5.75 Å². The van der Waals surface area contributed by atoms with Gasteiger partial charge in [0.15, 0.2) is 0 Å². The van der Waals surface area contributed by atoms with Gasteiger partial charge >= 0.3 is 0 Å². The fourth-order valence-corrected chi connectivity index (χ4v) is 4.03. The van der Waals surface area contributed by atoms with E-state index in [-0.39, 0.29) is 4.90 Å². The molecule has 0 amide bonds. The van der Waals surface area contributed by atoms with Gasteiger partial charge < -0.3 is 4.74 Å². The third-order valence-corrected chi connectivity index (χ3v) is 5.81. The summed E-state index contributed by atoms with van der Waals surface area (Å²) < 4.78 is 33.3. The molecule has 25 heavy (non-hydrogen) atoms. The van der Waals surface area contributed by atoms with Crippen molar-refractivity contribution in [2.45, 2.75) is 25.7 Å². The number of anilines is 1. The molecular formula is C20H23NO3S. The number of nitrogens with zero attached hydrogens (tertiary/aromatic N) is 1. The summed E-state index contributed by atoms with van der Waals surface area (Å²) in [6.07, 6.45) is 3.40. The molecule has 0 aliphatic carbocycles. The standard InChI is InChI=1S/C20H23NO3S/c1-6-16(4)21(20-14-18(24-5)11-10-17(20)7-2)25(22,23)19-12-8-15(3)9-13-19/h6-14H,2H2,1,3-5H3/b16-6+. The molecule has 0 bridgehead atoms. The fourth-order valence-electron chi connectivity index (χ4n) is 2.44. The lowest BCUT2D eigenvalue weighted by molar-refractivity contribution is 0.415. The maximum absolute atomic E-state index is 13.3. The van der Waals surface area contributed by atoms with E-state index < -0.39 is 10.0 Å². The van der Waals surface area contributed by atoms with E-state index in [1.165, 1.54) is 4.31 Å². The lowest BCUT2D eigenvalue weighted by Crippen LogP contribution is -2.30. The molecule has 0 N–H and O–H groups in total. The van der Waals surface area contributed by atoms with Crippen LogP contribution in [0.4, 0.5) is 5.69 Å². The zero-order valence-corrected chi connectivity index (χ0v) is 15.8. The Morgan fingerprint density at radius 2 is 1.80 bits per heavy atom. The average Bonchev–Trinajstić information content (AvgIpc) is 2.61. The van der Waals surface area contributed by atoms with E-state index in [1.54, 1.807) is 75.6 Å². The first kappa shape index (κ1) is 18.8. The van der Waals surface area contributed by atoms with E-state index in [2.05, 4.69) is 6.58 Å². The minimum absolute atomic E-state index is 0.233. The summed E-state index contributed by atoms with van der Waals surface area (Å²) in [7, 11) is -2.23. The molecule has 2 aromatic carbocycles. The highest BCUT2D eigenvalue weighted by molar-refractivity contribution is 7.93. The van der Waals surface area contributed by atoms with Crippen LogP contribution in [0.3, 0.4) is 0 Å². The Hall–Kier alpha value is -2.53. The zero-order chi connectivity index (χ0) is 18.6. The summed E-state index contributed by atoms with van der Waals surface area (Å²) in [4.78, 5) is 0.233. The molecule has 0 heterocycles. The fraction of sp³-hybridized carbons (Fsp3) is 0.200. The number of aryl methyl sites for hydroxylation is 1. The number of hydrogen-bond acceptors (Lipinski definition) is 3. The van der Waals surface area contributed by atoms with E-state index >= 15 is 0 Å². The molecule has 4 nitrogen and oxygen atoms in total. The Balaban J connectivity index is 2.73. The van der Waals surface area contributed by atoms with Crippen LogP contribution in [0.1, 0.15) is 25.0 Å². The second-order valence-corrected chi connectivity index (χ2v) is 7.43. The van der Waals surface area contributed by atoms with Crippen molar-refractivity contribution in [2.24, 2.45) is 0 Å². The number of methoxy groups -OCH3 is 1. The Kier molecular flexibility index (Phi) is 5.69. The second-order valence-electron chi connectivity index (χ2n) is 5.64. The van der Waals surface area contributed by atoms with E-state index in [0.29, 0.717) is 22.7 Å². The van der Waals surface area contributed by atoms with Crippen LogP contribution in [0.15, 0.2) is 65.7 Å². The van der Waals surface area contributed by atoms with Crippen LogP contribution in [0.25, 0.3) is 6.08 Å². The first-order valence-corrected chi connectivity index (χ1v) is 9.34. The molecule has 0 aliphatic heterocycles. The second kappa shape index (κ2) is 7.57. The summed E-state index contributed by atoms with van der Waals surface area (Å²) in [5.41, 5.74) is 2.81. The Morgan fingerprint density at radius 3 is 2.32 bits per heavy atom. The number of hydrogen-bond donors (Lipinski definition) is 0. The van der Waals surface area contributed by atoms with Crippen molar-refractivity contribution in [1.29, 1.82) is 0 Å². The van der Waals surface area contributed by atoms with Gasteiger partial charge in [-0.3, -0.25) is 0 Å². The molecule has 0 saturated heterocycles. The van der Waals surface area contributed by atoms with Gasteiger partial charge in [-0.25, -0.2) is 12.7 Å². The largest absolute Gasteiger partial charge is 0.497 e. The Morgan fingerprint density at radius 1 is 1.16 bits per heavy atom. The van der Waals surface area contributed by atoms with Crippen LogP contribution in [0.5, 0.6) is 5.75 Å². The molecule has 5 heteroatoms. The van der Waals surface area contributed by atoms with Gasteiger partial charge in [0.2, 0.25) is 0 Å². The summed E-state index contributed by atoms with van der Waals surface area (Å²) >= 11 is 0. The van der Waals surface area contributed by atoms with Crippen molar-refractivity contribution < 1.29 is 13.2 Å². The SMILES string of the molecule is C=Cc1ccc(OC)cc1N(/C(C)=C/C)S(=O)(=O)c1ccc(C)cc1. The van der Waals surface area contributed by atoms with Gasteiger partial charge in [-0.05, 0) is 50.6 Å². The molecule has 0 aromatic heterocycles. The van der Waals surface area contributed by atoms with Gasteiger partial charge in [-0.2, -0.15) is 0 Å². The van der Waals surface area contributed by atoms with Crippen LogP contribution in [-0.4, -0.2) is 15.5 Å². The van der Waals surface area contributed by atoms with Gasteiger partial charge in [0, 0.05) is 11.8 Å².